The zero-order valence-corrected chi connectivity index (χ0v) is 10.8. The van der Waals surface area contributed by atoms with Gasteiger partial charge in [-0.2, -0.15) is 0 Å². The fourth-order valence-corrected chi connectivity index (χ4v) is 2.65. The van der Waals surface area contributed by atoms with Crippen molar-refractivity contribution >= 4 is 0 Å². The lowest BCUT2D eigenvalue weighted by Crippen LogP contribution is -2.47. The maximum Gasteiger partial charge on any atom is 0.0160 e. The molecule has 0 aromatic carbocycles. The third kappa shape index (κ3) is 2.86. The van der Waals surface area contributed by atoms with Crippen molar-refractivity contribution in [3.8, 4) is 0 Å². The van der Waals surface area contributed by atoms with E-state index in [1.54, 1.807) is 0 Å². The molecule has 0 amide bonds. The Kier molecular flexibility index (Phi) is 3.70. The summed E-state index contributed by atoms with van der Waals surface area (Å²) in [4.78, 5) is 2.49. The van der Waals surface area contributed by atoms with E-state index in [0.29, 0.717) is 11.5 Å². The molecule has 0 spiro atoms. The maximum absolute atomic E-state index is 3.83. The summed E-state index contributed by atoms with van der Waals surface area (Å²) < 4.78 is 0. The summed E-state index contributed by atoms with van der Waals surface area (Å²) >= 11 is 0. The Morgan fingerprint density at radius 1 is 1.44 bits per heavy atom. The average molecular weight is 222 g/mol. The van der Waals surface area contributed by atoms with Crippen molar-refractivity contribution in [2.75, 3.05) is 19.6 Å². The molecule has 2 rings (SSSR count). The highest BCUT2D eigenvalue weighted by Crippen LogP contribution is 2.48. The van der Waals surface area contributed by atoms with E-state index in [9.17, 15) is 0 Å². The van der Waals surface area contributed by atoms with Gasteiger partial charge in [-0.25, -0.2) is 0 Å². The van der Waals surface area contributed by atoms with Crippen molar-refractivity contribution in [1.82, 2.24) is 10.2 Å². The smallest absolute Gasteiger partial charge is 0.0160 e. The highest BCUT2D eigenvalue weighted by Gasteiger charge is 2.43. The molecule has 0 aromatic rings. The van der Waals surface area contributed by atoms with Crippen LogP contribution in [0.5, 0.6) is 0 Å². The van der Waals surface area contributed by atoms with Crippen molar-refractivity contribution in [2.24, 2.45) is 5.41 Å². The second-order valence-corrected chi connectivity index (χ2v) is 5.91. The molecule has 1 N–H and O–H groups in total. The molecule has 2 fully saturated rings. The molecule has 1 heterocycles. The van der Waals surface area contributed by atoms with Crippen molar-refractivity contribution in [3.63, 3.8) is 0 Å². The van der Waals surface area contributed by atoms with E-state index in [4.69, 9.17) is 0 Å². The number of nitrogens with zero attached hydrogens (tertiary/aromatic N) is 1. The molecule has 0 bridgehead atoms. The third-order valence-electron chi connectivity index (χ3n) is 4.54. The van der Waals surface area contributed by atoms with Crippen molar-refractivity contribution in [3.05, 3.63) is 12.7 Å². The van der Waals surface area contributed by atoms with E-state index in [2.05, 4.69) is 30.6 Å². The second-order valence-electron chi connectivity index (χ2n) is 5.91. The van der Waals surface area contributed by atoms with E-state index >= 15 is 0 Å². The predicted octanol–water partition coefficient (Wildman–Crippen LogP) is 2.42. The highest BCUT2D eigenvalue weighted by atomic mass is 15.1. The van der Waals surface area contributed by atoms with E-state index in [1.165, 1.54) is 38.8 Å². The number of piperidine rings is 1. The van der Waals surface area contributed by atoms with Gasteiger partial charge in [0.05, 0.1) is 0 Å². The Bertz CT molecular complexity index is 237. The number of hydrogen-bond acceptors (Lipinski definition) is 2. The fourth-order valence-electron chi connectivity index (χ4n) is 2.65. The van der Waals surface area contributed by atoms with Gasteiger partial charge < -0.3 is 5.32 Å². The van der Waals surface area contributed by atoms with Crippen LogP contribution in [-0.2, 0) is 0 Å². The standard InChI is InChI=1S/C14H26N2/c1-4-9-16-10-5-13(6-11-16)15-12(2)14(3)7-8-14/h4,12-13,15H,1,5-11H2,2-3H3. The van der Waals surface area contributed by atoms with Crippen LogP contribution in [0, 0.1) is 5.41 Å². The van der Waals surface area contributed by atoms with Gasteiger partial charge in [-0.15, -0.1) is 6.58 Å². The Morgan fingerprint density at radius 3 is 2.56 bits per heavy atom. The summed E-state index contributed by atoms with van der Waals surface area (Å²) in [6.07, 6.45) is 7.44. The van der Waals surface area contributed by atoms with Gasteiger partial charge in [-0.05, 0) is 51.1 Å². The zero-order valence-electron chi connectivity index (χ0n) is 10.8. The van der Waals surface area contributed by atoms with Crippen LogP contribution < -0.4 is 5.32 Å². The summed E-state index contributed by atoms with van der Waals surface area (Å²) in [5, 5.41) is 3.83. The Hall–Kier alpha value is -0.340. The molecule has 1 aliphatic heterocycles. The Labute approximate surface area is 100 Å². The monoisotopic (exact) mass is 222 g/mol. The lowest BCUT2D eigenvalue weighted by atomic mass is 9.97. The van der Waals surface area contributed by atoms with Crippen LogP contribution >= 0.6 is 0 Å². The minimum Gasteiger partial charge on any atom is -0.311 e. The van der Waals surface area contributed by atoms with E-state index in [-0.39, 0.29) is 0 Å². The molecule has 0 radical (unpaired) electrons. The topological polar surface area (TPSA) is 15.3 Å². The van der Waals surface area contributed by atoms with Gasteiger partial charge in [-0.1, -0.05) is 13.0 Å². The molecule has 16 heavy (non-hydrogen) atoms. The molecule has 92 valence electrons. The largest absolute Gasteiger partial charge is 0.311 e. The minimum atomic E-state index is 0.609. The first-order valence-corrected chi connectivity index (χ1v) is 6.73. The van der Waals surface area contributed by atoms with E-state index in [0.717, 1.165) is 12.6 Å². The lowest BCUT2D eigenvalue weighted by molar-refractivity contribution is 0.197. The summed E-state index contributed by atoms with van der Waals surface area (Å²) in [6, 6.07) is 1.44. The van der Waals surface area contributed by atoms with Crippen LogP contribution in [0.15, 0.2) is 12.7 Å². The quantitative estimate of drug-likeness (QED) is 0.719. The maximum atomic E-state index is 3.83. The van der Waals surface area contributed by atoms with Crippen LogP contribution in [0.4, 0.5) is 0 Å². The van der Waals surface area contributed by atoms with Gasteiger partial charge in [0.15, 0.2) is 0 Å². The first-order valence-electron chi connectivity index (χ1n) is 6.73. The molecule has 2 nitrogen and oxygen atoms in total. The number of nitrogens with one attached hydrogen (secondary N) is 1. The van der Waals surface area contributed by atoms with Gasteiger partial charge in [0, 0.05) is 18.6 Å². The lowest BCUT2D eigenvalue weighted by Gasteiger charge is -2.34. The Morgan fingerprint density at radius 2 is 2.06 bits per heavy atom. The van der Waals surface area contributed by atoms with Crippen LogP contribution in [0.1, 0.15) is 39.5 Å². The highest BCUT2D eigenvalue weighted by molar-refractivity contribution is 4.98. The van der Waals surface area contributed by atoms with Gasteiger partial charge >= 0.3 is 0 Å². The molecule has 1 saturated heterocycles. The molecule has 1 aliphatic carbocycles. The first kappa shape index (κ1) is 12.1. The van der Waals surface area contributed by atoms with Crippen molar-refractivity contribution in [2.45, 2.75) is 51.6 Å². The average Bonchev–Trinajstić information content (AvgIpc) is 3.01. The van der Waals surface area contributed by atoms with Gasteiger partial charge in [0.2, 0.25) is 0 Å². The van der Waals surface area contributed by atoms with Crippen LogP contribution in [0.25, 0.3) is 0 Å². The Balaban J connectivity index is 1.70. The van der Waals surface area contributed by atoms with E-state index in [1.807, 2.05) is 6.08 Å². The fraction of sp³-hybridized carbons (Fsp3) is 0.857. The van der Waals surface area contributed by atoms with Gasteiger partial charge in [-0.3, -0.25) is 4.90 Å². The molecule has 2 aliphatic rings. The predicted molar refractivity (Wildman–Crippen MR) is 69.6 cm³/mol. The third-order valence-corrected chi connectivity index (χ3v) is 4.54. The van der Waals surface area contributed by atoms with Crippen molar-refractivity contribution < 1.29 is 0 Å². The molecule has 1 atom stereocenters. The summed E-state index contributed by atoms with van der Waals surface area (Å²) in [6.45, 7) is 12.1. The van der Waals surface area contributed by atoms with Crippen LogP contribution in [-0.4, -0.2) is 36.6 Å². The summed E-state index contributed by atoms with van der Waals surface area (Å²) in [5.41, 5.74) is 0.609. The number of likely N-dealkylation sites (tertiary alicyclic amines) is 1. The second kappa shape index (κ2) is 4.89. The molecule has 0 aromatic heterocycles. The minimum absolute atomic E-state index is 0.609. The number of rotatable bonds is 5. The molecule has 2 heteroatoms. The molecular formula is C14H26N2. The van der Waals surface area contributed by atoms with E-state index < -0.39 is 0 Å². The molecule has 1 saturated carbocycles. The molecule has 1 unspecified atom stereocenters. The van der Waals surface area contributed by atoms with Crippen molar-refractivity contribution in [1.29, 1.82) is 0 Å². The summed E-state index contributed by atoms with van der Waals surface area (Å²) in [7, 11) is 0. The van der Waals surface area contributed by atoms with Gasteiger partial charge in [0.1, 0.15) is 0 Å². The SMILES string of the molecule is C=CCN1CCC(NC(C)C2(C)CC2)CC1. The van der Waals surface area contributed by atoms with Crippen LogP contribution in [0.3, 0.4) is 0 Å². The molecular weight excluding hydrogens is 196 g/mol. The van der Waals surface area contributed by atoms with Crippen LogP contribution in [0.2, 0.25) is 0 Å². The summed E-state index contributed by atoms with van der Waals surface area (Å²) in [5.74, 6) is 0. The number of hydrogen-bond donors (Lipinski definition) is 1. The normalized spacial score (nSPS) is 27.6. The zero-order chi connectivity index (χ0) is 11.6. The van der Waals surface area contributed by atoms with Gasteiger partial charge in [0.25, 0.3) is 0 Å². The first-order chi connectivity index (χ1) is 7.64.